The number of para-hydroxylation sites is 1. The first-order valence-electron chi connectivity index (χ1n) is 6.82. The van der Waals surface area contributed by atoms with Gasteiger partial charge in [-0.15, -0.1) is 11.3 Å². The Morgan fingerprint density at radius 3 is 2.50 bits per heavy atom. The van der Waals surface area contributed by atoms with E-state index in [0.717, 1.165) is 31.1 Å². The van der Waals surface area contributed by atoms with Crippen LogP contribution in [0.4, 0.5) is 0 Å². The summed E-state index contributed by atoms with van der Waals surface area (Å²) in [6.07, 6.45) is 0. The number of aromatic amines is 1. The lowest BCUT2D eigenvalue weighted by molar-refractivity contribution is 0.356. The van der Waals surface area contributed by atoms with Crippen molar-refractivity contribution in [2.24, 2.45) is 0 Å². The molecule has 0 atom stereocenters. The molecule has 1 N–H and O–H groups in total. The zero-order valence-electron chi connectivity index (χ0n) is 12.1. The van der Waals surface area contributed by atoms with Gasteiger partial charge >= 0.3 is 0 Å². The zero-order valence-corrected chi connectivity index (χ0v) is 12.9. The molecule has 0 unspecified atom stereocenters. The summed E-state index contributed by atoms with van der Waals surface area (Å²) in [5.41, 5.74) is 0.780. The van der Waals surface area contributed by atoms with Crippen molar-refractivity contribution in [2.75, 3.05) is 14.2 Å². The van der Waals surface area contributed by atoms with Crippen LogP contribution < -0.4 is 15.0 Å². The van der Waals surface area contributed by atoms with E-state index in [1.165, 1.54) is 11.3 Å². The molecule has 0 saturated heterocycles. The number of hydrogen-bond acceptors (Lipinski definition) is 4. The maximum Gasteiger partial charge on any atom is 0.266 e. The van der Waals surface area contributed by atoms with Crippen LogP contribution in [0.3, 0.4) is 0 Å². The number of methoxy groups -OCH3 is 2. The molecule has 0 saturated carbocycles. The molecule has 5 heteroatoms. The molecule has 4 nitrogen and oxygen atoms in total. The quantitative estimate of drug-likeness (QED) is 0.610. The van der Waals surface area contributed by atoms with E-state index < -0.39 is 0 Å². The molecule has 22 heavy (non-hydrogen) atoms. The van der Waals surface area contributed by atoms with Crippen molar-refractivity contribution in [1.29, 1.82) is 0 Å². The molecule has 0 bridgehead atoms. The van der Waals surface area contributed by atoms with Gasteiger partial charge in [-0.2, -0.15) is 0 Å². The van der Waals surface area contributed by atoms with Crippen LogP contribution in [0.2, 0.25) is 0 Å². The van der Waals surface area contributed by atoms with E-state index in [9.17, 15) is 4.79 Å². The molecule has 0 fully saturated rings. The topological polar surface area (TPSA) is 51.3 Å². The number of nitrogens with one attached hydrogen (secondary N) is 1. The molecule has 0 radical (unpaired) electrons. The van der Waals surface area contributed by atoms with Gasteiger partial charge in [0.25, 0.3) is 5.56 Å². The first kappa shape index (κ1) is 13.2. The second-order valence-electron chi connectivity index (χ2n) is 5.01. The van der Waals surface area contributed by atoms with Gasteiger partial charge in [-0.3, -0.25) is 4.79 Å². The third-order valence-corrected chi connectivity index (χ3v) is 5.00. The lowest BCUT2D eigenvalue weighted by atomic mass is 10.1. The van der Waals surface area contributed by atoms with Crippen molar-refractivity contribution in [3.05, 3.63) is 46.8 Å². The Hall–Kier alpha value is -2.53. The van der Waals surface area contributed by atoms with Crippen molar-refractivity contribution < 1.29 is 9.47 Å². The van der Waals surface area contributed by atoms with Gasteiger partial charge in [0.1, 0.15) is 4.70 Å². The summed E-state index contributed by atoms with van der Waals surface area (Å²) in [6.45, 7) is 0. The number of rotatable bonds is 2. The highest BCUT2D eigenvalue weighted by molar-refractivity contribution is 7.26. The van der Waals surface area contributed by atoms with Gasteiger partial charge in [0.2, 0.25) is 0 Å². The van der Waals surface area contributed by atoms with Crippen LogP contribution in [0.25, 0.3) is 31.1 Å². The fraction of sp³-hybridized carbons (Fsp3) is 0.118. The maximum absolute atomic E-state index is 12.4. The molecule has 0 spiro atoms. The summed E-state index contributed by atoms with van der Waals surface area (Å²) in [7, 11) is 3.22. The molecule has 0 aliphatic carbocycles. The summed E-state index contributed by atoms with van der Waals surface area (Å²) in [6, 6.07) is 11.7. The summed E-state index contributed by atoms with van der Waals surface area (Å²) in [5.74, 6) is 1.33. The van der Waals surface area contributed by atoms with E-state index in [1.807, 2.05) is 36.4 Å². The molecular formula is C17H13NO3S. The number of hydrogen-bond donors (Lipinski definition) is 1. The number of aromatic nitrogens is 1. The van der Waals surface area contributed by atoms with E-state index in [1.54, 1.807) is 14.2 Å². The Labute approximate surface area is 129 Å². The highest BCUT2D eigenvalue weighted by atomic mass is 32.1. The second kappa shape index (κ2) is 4.74. The standard InChI is InChI=1S/C17H13NO3S/c1-20-12-7-10-14(8-13(12)21-2)22-16-15(10)9-5-3-4-6-11(9)18-17(16)19/h3-8H,1-2H3,(H,18,19). The van der Waals surface area contributed by atoms with Gasteiger partial charge in [-0.25, -0.2) is 0 Å². The third-order valence-electron chi connectivity index (χ3n) is 3.85. The lowest BCUT2D eigenvalue weighted by Crippen LogP contribution is -2.03. The van der Waals surface area contributed by atoms with Crippen molar-refractivity contribution >= 4 is 42.4 Å². The largest absolute Gasteiger partial charge is 0.493 e. The van der Waals surface area contributed by atoms with Crippen molar-refractivity contribution in [2.45, 2.75) is 0 Å². The van der Waals surface area contributed by atoms with E-state index in [-0.39, 0.29) is 5.56 Å². The van der Waals surface area contributed by atoms with Crippen LogP contribution in [0.5, 0.6) is 11.5 Å². The van der Waals surface area contributed by atoms with E-state index in [0.29, 0.717) is 11.5 Å². The smallest absolute Gasteiger partial charge is 0.266 e. The fourth-order valence-electron chi connectivity index (χ4n) is 2.84. The molecule has 2 aromatic heterocycles. The molecule has 2 heterocycles. The van der Waals surface area contributed by atoms with E-state index in [4.69, 9.17) is 9.47 Å². The first-order chi connectivity index (χ1) is 10.7. The molecule has 0 aliphatic rings. The zero-order chi connectivity index (χ0) is 15.3. The number of benzene rings is 2. The van der Waals surface area contributed by atoms with Crippen LogP contribution in [0.1, 0.15) is 0 Å². The van der Waals surface area contributed by atoms with Crippen LogP contribution in [-0.4, -0.2) is 19.2 Å². The Kier molecular flexibility index (Phi) is 2.84. The Balaban J connectivity index is 2.28. The van der Waals surface area contributed by atoms with E-state index in [2.05, 4.69) is 4.98 Å². The van der Waals surface area contributed by atoms with Crippen LogP contribution in [0, 0.1) is 0 Å². The van der Waals surface area contributed by atoms with Crippen LogP contribution >= 0.6 is 11.3 Å². The normalized spacial score (nSPS) is 11.4. The Morgan fingerprint density at radius 1 is 1.00 bits per heavy atom. The average Bonchev–Trinajstić information content (AvgIpc) is 2.93. The van der Waals surface area contributed by atoms with Gasteiger partial charge in [0.05, 0.1) is 14.2 Å². The lowest BCUT2D eigenvalue weighted by Gasteiger charge is -2.07. The minimum Gasteiger partial charge on any atom is -0.493 e. The van der Waals surface area contributed by atoms with Crippen molar-refractivity contribution in [3.8, 4) is 11.5 Å². The van der Waals surface area contributed by atoms with Gasteiger partial charge in [0, 0.05) is 32.4 Å². The Morgan fingerprint density at radius 2 is 1.73 bits per heavy atom. The molecule has 4 aromatic rings. The molecule has 0 aliphatic heterocycles. The van der Waals surface area contributed by atoms with Gasteiger partial charge in [0.15, 0.2) is 11.5 Å². The van der Waals surface area contributed by atoms with Crippen molar-refractivity contribution in [3.63, 3.8) is 0 Å². The predicted octanol–water partition coefficient (Wildman–Crippen LogP) is 3.91. The summed E-state index contributed by atoms with van der Waals surface area (Å²) >= 11 is 1.47. The van der Waals surface area contributed by atoms with E-state index >= 15 is 0 Å². The third kappa shape index (κ3) is 1.72. The monoisotopic (exact) mass is 311 g/mol. The van der Waals surface area contributed by atoms with Gasteiger partial charge < -0.3 is 14.5 Å². The number of thiophene rings is 1. The predicted molar refractivity (Wildman–Crippen MR) is 90.6 cm³/mol. The van der Waals surface area contributed by atoms with Gasteiger partial charge in [-0.05, 0) is 12.1 Å². The summed E-state index contributed by atoms with van der Waals surface area (Å²) in [5, 5.41) is 3.02. The SMILES string of the molecule is COc1cc2sc3c(=O)[nH]c4ccccc4c3c2cc1OC. The molecule has 2 aromatic carbocycles. The number of ether oxygens (including phenoxy) is 2. The number of pyridine rings is 1. The van der Waals surface area contributed by atoms with Crippen LogP contribution in [-0.2, 0) is 0 Å². The molecule has 0 amide bonds. The van der Waals surface area contributed by atoms with Crippen LogP contribution in [0.15, 0.2) is 41.2 Å². The number of H-pyrrole nitrogens is 1. The molecule has 4 rings (SSSR count). The van der Waals surface area contributed by atoms with Gasteiger partial charge in [-0.1, -0.05) is 18.2 Å². The molecule has 110 valence electrons. The summed E-state index contributed by atoms with van der Waals surface area (Å²) in [4.78, 5) is 15.3. The molecular weight excluding hydrogens is 298 g/mol. The van der Waals surface area contributed by atoms with Crippen molar-refractivity contribution in [1.82, 2.24) is 4.98 Å². The highest BCUT2D eigenvalue weighted by Gasteiger charge is 2.15. The number of fused-ring (bicyclic) bond motifs is 5. The first-order valence-corrected chi connectivity index (χ1v) is 7.64. The average molecular weight is 311 g/mol. The fourth-order valence-corrected chi connectivity index (χ4v) is 3.96. The minimum absolute atomic E-state index is 0.0622. The second-order valence-corrected chi connectivity index (χ2v) is 6.06. The minimum atomic E-state index is -0.0622. The Bertz CT molecular complexity index is 1080. The maximum atomic E-state index is 12.4. The highest BCUT2D eigenvalue weighted by Crippen LogP contribution is 2.41. The summed E-state index contributed by atoms with van der Waals surface area (Å²) < 4.78 is 12.5.